The number of anilines is 1. The van der Waals surface area contributed by atoms with E-state index in [4.69, 9.17) is 17.3 Å². The van der Waals surface area contributed by atoms with Gasteiger partial charge in [0, 0.05) is 10.7 Å². The first-order valence-electron chi connectivity index (χ1n) is 6.04. The zero-order valence-corrected chi connectivity index (χ0v) is 11.8. The maximum atomic E-state index is 12.6. The number of nitrogens with two attached hydrogens (primary N) is 1. The predicted molar refractivity (Wildman–Crippen MR) is 72.5 cm³/mol. The Morgan fingerprint density at radius 2 is 1.95 bits per heavy atom. The van der Waals surface area contributed by atoms with E-state index >= 15 is 0 Å². The van der Waals surface area contributed by atoms with Crippen LogP contribution >= 0.6 is 11.6 Å². The van der Waals surface area contributed by atoms with E-state index in [9.17, 15) is 18.0 Å². The number of amides is 1. The van der Waals surface area contributed by atoms with E-state index in [0.29, 0.717) is 6.42 Å². The van der Waals surface area contributed by atoms with Crippen LogP contribution in [0.3, 0.4) is 0 Å². The molecule has 0 fully saturated rings. The number of nitrogens with one attached hydrogen (secondary N) is 1. The number of rotatable bonds is 4. The van der Waals surface area contributed by atoms with Gasteiger partial charge in [-0.3, -0.25) is 4.79 Å². The van der Waals surface area contributed by atoms with E-state index in [0.717, 1.165) is 12.1 Å². The van der Waals surface area contributed by atoms with E-state index in [1.807, 2.05) is 13.8 Å². The van der Waals surface area contributed by atoms with Crippen molar-refractivity contribution in [3.8, 4) is 0 Å². The zero-order chi connectivity index (χ0) is 15.5. The molecule has 1 atom stereocenters. The van der Waals surface area contributed by atoms with Crippen molar-refractivity contribution >= 4 is 23.2 Å². The molecule has 0 aromatic heterocycles. The van der Waals surface area contributed by atoms with Gasteiger partial charge in [0.25, 0.3) is 0 Å². The summed E-state index contributed by atoms with van der Waals surface area (Å²) >= 11 is 5.62. The largest absolute Gasteiger partial charge is 0.416 e. The van der Waals surface area contributed by atoms with Gasteiger partial charge in [0.2, 0.25) is 5.91 Å². The highest BCUT2D eigenvalue weighted by Crippen LogP contribution is 2.33. The lowest BCUT2D eigenvalue weighted by Crippen LogP contribution is -2.36. The maximum absolute atomic E-state index is 12.6. The van der Waals surface area contributed by atoms with Crippen molar-refractivity contribution in [3.05, 3.63) is 28.8 Å². The van der Waals surface area contributed by atoms with Gasteiger partial charge in [0.05, 0.1) is 11.6 Å². The summed E-state index contributed by atoms with van der Waals surface area (Å²) < 4.78 is 37.9. The van der Waals surface area contributed by atoms with E-state index < -0.39 is 23.7 Å². The molecule has 20 heavy (non-hydrogen) atoms. The van der Waals surface area contributed by atoms with E-state index in [-0.39, 0.29) is 16.6 Å². The second kappa shape index (κ2) is 6.45. The van der Waals surface area contributed by atoms with Crippen LogP contribution in [0.15, 0.2) is 18.2 Å². The van der Waals surface area contributed by atoms with Crippen LogP contribution in [0.4, 0.5) is 18.9 Å². The highest BCUT2D eigenvalue weighted by Gasteiger charge is 2.31. The third-order valence-corrected chi connectivity index (χ3v) is 2.77. The molecule has 0 aliphatic carbocycles. The molecule has 0 bridgehead atoms. The van der Waals surface area contributed by atoms with E-state index in [2.05, 4.69) is 5.32 Å². The van der Waals surface area contributed by atoms with Gasteiger partial charge in [0.1, 0.15) is 0 Å². The van der Waals surface area contributed by atoms with Gasteiger partial charge < -0.3 is 11.1 Å². The van der Waals surface area contributed by atoms with Crippen molar-refractivity contribution in [1.29, 1.82) is 0 Å². The summed E-state index contributed by atoms with van der Waals surface area (Å²) in [6.07, 6.45) is -4.08. The summed E-state index contributed by atoms with van der Waals surface area (Å²) in [5, 5.41) is 2.25. The Balaban J connectivity index is 2.88. The Kier molecular flexibility index (Phi) is 5.42. The molecule has 0 aliphatic heterocycles. The molecule has 1 aromatic rings. The molecule has 0 saturated heterocycles. The van der Waals surface area contributed by atoms with E-state index in [1.54, 1.807) is 0 Å². The molecule has 1 rings (SSSR count). The van der Waals surface area contributed by atoms with Crippen molar-refractivity contribution in [3.63, 3.8) is 0 Å². The molecule has 0 unspecified atom stereocenters. The standard InChI is InChI=1S/C13H16ClF3N2O/c1-7(2)3-11(18)12(20)19-10-5-8(13(15,16)17)4-9(14)6-10/h4-7,11H,3,18H2,1-2H3,(H,19,20)/t11-/m1/s1. The molecule has 0 aliphatic rings. The Hall–Kier alpha value is -1.27. The molecule has 0 heterocycles. The van der Waals surface area contributed by atoms with Crippen LogP contribution in [-0.2, 0) is 11.0 Å². The fourth-order valence-electron chi connectivity index (χ4n) is 1.68. The monoisotopic (exact) mass is 308 g/mol. The van der Waals surface area contributed by atoms with Crippen LogP contribution in [-0.4, -0.2) is 11.9 Å². The normalized spacial score (nSPS) is 13.4. The first-order valence-corrected chi connectivity index (χ1v) is 6.41. The van der Waals surface area contributed by atoms with Gasteiger partial charge >= 0.3 is 6.18 Å². The number of carbonyl (C=O) groups excluding carboxylic acids is 1. The first-order chi connectivity index (χ1) is 9.09. The molecule has 1 amide bonds. The topological polar surface area (TPSA) is 55.1 Å². The quantitative estimate of drug-likeness (QED) is 0.891. The minimum atomic E-state index is -4.52. The average Bonchev–Trinajstić information content (AvgIpc) is 2.25. The molecular weight excluding hydrogens is 293 g/mol. The molecule has 112 valence electrons. The molecule has 3 nitrogen and oxygen atoms in total. The van der Waals surface area contributed by atoms with Crippen molar-refractivity contribution in [2.24, 2.45) is 11.7 Å². The van der Waals surface area contributed by atoms with Gasteiger partial charge in [-0.05, 0) is 30.5 Å². The van der Waals surface area contributed by atoms with Crippen molar-refractivity contribution in [1.82, 2.24) is 0 Å². The lowest BCUT2D eigenvalue weighted by atomic mass is 10.0. The van der Waals surface area contributed by atoms with Crippen LogP contribution in [0.25, 0.3) is 0 Å². The fraction of sp³-hybridized carbons (Fsp3) is 0.462. The molecule has 3 N–H and O–H groups in total. The van der Waals surface area contributed by atoms with Gasteiger partial charge in [-0.2, -0.15) is 13.2 Å². The number of halogens is 4. The lowest BCUT2D eigenvalue weighted by molar-refractivity contribution is -0.137. The molecule has 7 heteroatoms. The minimum Gasteiger partial charge on any atom is -0.325 e. The average molecular weight is 309 g/mol. The third kappa shape index (κ3) is 5.02. The highest BCUT2D eigenvalue weighted by atomic mass is 35.5. The summed E-state index contributed by atoms with van der Waals surface area (Å²) in [6, 6.07) is 2.09. The summed E-state index contributed by atoms with van der Waals surface area (Å²) in [6.45, 7) is 3.79. The molecule has 0 saturated carbocycles. The van der Waals surface area contributed by atoms with E-state index in [1.165, 1.54) is 6.07 Å². The lowest BCUT2D eigenvalue weighted by Gasteiger charge is -2.15. The second-order valence-corrected chi connectivity index (χ2v) is 5.39. The highest BCUT2D eigenvalue weighted by molar-refractivity contribution is 6.31. The van der Waals surface area contributed by atoms with Crippen LogP contribution < -0.4 is 11.1 Å². The van der Waals surface area contributed by atoms with Crippen LogP contribution in [0, 0.1) is 5.92 Å². The van der Waals surface area contributed by atoms with Crippen molar-refractivity contribution < 1.29 is 18.0 Å². The Labute approximate surface area is 120 Å². The number of hydrogen-bond acceptors (Lipinski definition) is 2. The summed E-state index contributed by atoms with van der Waals surface area (Å²) in [7, 11) is 0. The smallest absolute Gasteiger partial charge is 0.325 e. The van der Waals surface area contributed by atoms with Crippen molar-refractivity contribution in [2.45, 2.75) is 32.5 Å². The third-order valence-electron chi connectivity index (χ3n) is 2.55. The fourth-order valence-corrected chi connectivity index (χ4v) is 1.91. The van der Waals surface area contributed by atoms with Gasteiger partial charge in [-0.15, -0.1) is 0 Å². The summed E-state index contributed by atoms with van der Waals surface area (Å²) in [5.74, 6) is -0.324. The summed E-state index contributed by atoms with van der Waals surface area (Å²) in [4.78, 5) is 11.8. The summed E-state index contributed by atoms with van der Waals surface area (Å²) in [5.41, 5.74) is 4.72. The predicted octanol–water partition coefficient (Wildman–Crippen LogP) is 3.67. The second-order valence-electron chi connectivity index (χ2n) is 4.95. The number of alkyl halides is 3. The van der Waals surface area contributed by atoms with Gasteiger partial charge in [0.15, 0.2) is 0 Å². The molecule has 1 aromatic carbocycles. The first kappa shape index (κ1) is 16.8. The Morgan fingerprint density at radius 1 is 1.35 bits per heavy atom. The number of carbonyl (C=O) groups is 1. The van der Waals surface area contributed by atoms with Crippen molar-refractivity contribution in [2.75, 3.05) is 5.32 Å². The van der Waals surface area contributed by atoms with Crippen LogP contribution in [0.5, 0.6) is 0 Å². The van der Waals surface area contributed by atoms with Crippen LogP contribution in [0.1, 0.15) is 25.8 Å². The maximum Gasteiger partial charge on any atom is 0.416 e. The molecule has 0 radical (unpaired) electrons. The zero-order valence-electron chi connectivity index (χ0n) is 11.1. The molecular formula is C13H16ClF3N2O. The van der Waals surface area contributed by atoms with Crippen LogP contribution in [0.2, 0.25) is 5.02 Å². The SMILES string of the molecule is CC(C)C[C@@H](N)C(=O)Nc1cc(Cl)cc(C(F)(F)F)c1. The van der Waals surface area contributed by atoms with Gasteiger partial charge in [-0.25, -0.2) is 0 Å². The molecule has 0 spiro atoms. The Morgan fingerprint density at radius 3 is 2.45 bits per heavy atom. The Bertz CT molecular complexity index is 489. The number of benzene rings is 1. The number of hydrogen-bond donors (Lipinski definition) is 2. The minimum absolute atomic E-state index is 0.0194. The van der Waals surface area contributed by atoms with Gasteiger partial charge in [-0.1, -0.05) is 25.4 Å².